The van der Waals surface area contributed by atoms with Crippen molar-refractivity contribution in [2.45, 2.75) is 64.0 Å². The molecular formula is C14H28N2. The number of nitrogens with zero attached hydrogens (tertiary/aromatic N) is 1. The number of rotatable bonds is 4. The van der Waals surface area contributed by atoms with Gasteiger partial charge in [0.25, 0.3) is 0 Å². The van der Waals surface area contributed by atoms with Crippen LogP contribution in [0.25, 0.3) is 0 Å². The molecule has 2 rings (SSSR count). The maximum Gasteiger partial charge on any atom is 0.0246 e. The zero-order valence-corrected chi connectivity index (χ0v) is 11.0. The lowest BCUT2D eigenvalue weighted by Gasteiger charge is -2.44. The van der Waals surface area contributed by atoms with E-state index in [0.29, 0.717) is 6.04 Å². The minimum absolute atomic E-state index is 0.657. The molecule has 0 heterocycles. The summed E-state index contributed by atoms with van der Waals surface area (Å²) >= 11 is 0. The van der Waals surface area contributed by atoms with Gasteiger partial charge in [-0.15, -0.1) is 0 Å². The lowest BCUT2D eigenvalue weighted by atomic mass is 9.77. The SMILES string of the molecule is CC1CCCC(N(C)C(CN)C2CCC2)C1. The highest BCUT2D eigenvalue weighted by Crippen LogP contribution is 2.35. The zero-order chi connectivity index (χ0) is 11.5. The molecule has 2 aliphatic rings. The van der Waals surface area contributed by atoms with Crippen LogP contribution >= 0.6 is 0 Å². The van der Waals surface area contributed by atoms with Gasteiger partial charge in [-0.1, -0.05) is 26.2 Å². The second-order valence-electron chi connectivity index (χ2n) is 6.09. The third kappa shape index (κ3) is 2.60. The van der Waals surface area contributed by atoms with E-state index in [1.54, 1.807) is 0 Å². The summed E-state index contributed by atoms with van der Waals surface area (Å²) in [6.07, 6.45) is 9.88. The quantitative estimate of drug-likeness (QED) is 0.795. The molecule has 2 N–H and O–H groups in total. The van der Waals surface area contributed by atoms with Crippen molar-refractivity contribution in [2.24, 2.45) is 17.6 Å². The van der Waals surface area contributed by atoms with Crippen molar-refractivity contribution in [1.29, 1.82) is 0 Å². The second-order valence-corrected chi connectivity index (χ2v) is 6.09. The monoisotopic (exact) mass is 224 g/mol. The molecule has 0 bridgehead atoms. The summed E-state index contributed by atoms with van der Waals surface area (Å²) in [6.45, 7) is 3.26. The predicted molar refractivity (Wildman–Crippen MR) is 69.4 cm³/mol. The second kappa shape index (κ2) is 5.50. The van der Waals surface area contributed by atoms with Crippen LogP contribution in [0.1, 0.15) is 51.9 Å². The summed E-state index contributed by atoms with van der Waals surface area (Å²) in [5, 5.41) is 0. The van der Waals surface area contributed by atoms with E-state index in [1.807, 2.05) is 0 Å². The van der Waals surface area contributed by atoms with Gasteiger partial charge in [-0.05, 0) is 44.6 Å². The Bertz CT molecular complexity index is 213. The maximum absolute atomic E-state index is 5.98. The van der Waals surface area contributed by atoms with E-state index in [1.165, 1.54) is 44.9 Å². The largest absolute Gasteiger partial charge is 0.329 e. The van der Waals surface area contributed by atoms with E-state index in [-0.39, 0.29) is 0 Å². The van der Waals surface area contributed by atoms with Gasteiger partial charge in [0.05, 0.1) is 0 Å². The van der Waals surface area contributed by atoms with Gasteiger partial charge in [0.1, 0.15) is 0 Å². The molecule has 0 aromatic carbocycles. The Morgan fingerprint density at radius 2 is 1.88 bits per heavy atom. The highest BCUT2D eigenvalue weighted by atomic mass is 15.2. The summed E-state index contributed by atoms with van der Waals surface area (Å²) in [5.74, 6) is 1.81. The van der Waals surface area contributed by atoms with Crippen LogP contribution in [0.4, 0.5) is 0 Å². The summed E-state index contributed by atoms with van der Waals surface area (Å²) in [6, 6.07) is 1.46. The molecule has 2 heteroatoms. The average Bonchev–Trinajstić information content (AvgIpc) is 2.22. The smallest absolute Gasteiger partial charge is 0.0246 e. The molecule has 0 saturated heterocycles. The molecule has 2 aliphatic carbocycles. The fraction of sp³-hybridized carbons (Fsp3) is 1.00. The molecule has 2 saturated carbocycles. The molecule has 0 spiro atoms. The normalized spacial score (nSPS) is 33.8. The van der Waals surface area contributed by atoms with Gasteiger partial charge < -0.3 is 5.73 Å². The van der Waals surface area contributed by atoms with Crippen molar-refractivity contribution < 1.29 is 0 Å². The van der Waals surface area contributed by atoms with Crippen molar-refractivity contribution in [3.05, 3.63) is 0 Å². The highest BCUT2D eigenvalue weighted by Gasteiger charge is 2.33. The molecule has 0 amide bonds. The molecule has 3 unspecified atom stereocenters. The Hall–Kier alpha value is -0.0800. The van der Waals surface area contributed by atoms with Crippen molar-refractivity contribution >= 4 is 0 Å². The van der Waals surface area contributed by atoms with E-state index in [2.05, 4.69) is 18.9 Å². The van der Waals surface area contributed by atoms with Crippen LogP contribution in [0, 0.1) is 11.8 Å². The van der Waals surface area contributed by atoms with Crippen LogP contribution < -0.4 is 5.73 Å². The Balaban J connectivity index is 1.90. The van der Waals surface area contributed by atoms with Gasteiger partial charge in [0.2, 0.25) is 0 Å². The average molecular weight is 224 g/mol. The van der Waals surface area contributed by atoms with Crippen LogP contribution in [0.5, 0.6) is 0 Å². The Kier molecular flexibility index (Phi) is 4.26. The van der Waals surface area contributed by atoms with Crippen molar-refractivity contribution in [3.63, 3.8) is 0 Å². The fourth-order valence-electron chi connectivity index (χ4n) is 3.56. The van der Waals surface area contributed by atoms with Crippen LogP contribution in [0.2, 0.25) is 0 Å². The summed E-state index contributed by atoms with van der Waals surface area (Å²) in [5.41, 5.74) is 5.98. The van der Waals surface area contributed by atoms with Crippen molar-refractivity contribution in [3.8, 4) is 0 Å². The molecule has 2 nitrogen and oxygen atoms in total. The summed E-state index contributed by atoms with van der Waals surface area (Å²) < 4.78 is 0. The summed E-state index contributed by atoms with van der Waals surface area (Å²) in [4.78, 5) is 2.62. The first-order chi connectivity index (χ1) is 7.72. The van der Waals surface area contributed by atoms with Crippen LogP contribution in [-0.2, 0) is 0 Å². The van der Waals surface area contributed by atoms with Gasteiger partial charge in [-0.25, -0.2) is 0 Å². The van der Waals surface area contributed by atoms with E-state index in [0.717, 1.165) is 24.4 Å². The lowest BCUT2D eigenvalue weighted by Crippen LogP contribution is -2.51. The number of hydrogen-bond donors (Lipinski definition) is 1. The first kappa shape index (κ1) is 12.4. The molecule has 16 heavy (non-hydrogen) atoms. The van der Waals surface area contributed by atoms with Gasteiger partial charge in [-0.2, -0.15) is 0 Å². The molecule has 94 valence electrons. The van der Waals surface area contributed by atoms with Crippen molar-refractivity contribution in [1.82, 2.24) is 4.90 Å². The summed E-state index contributed by atoms with van der Waals surface area (Å²) in [7, 11) is 2.32. The number of nitrogens with two attached hydrogens (primary N) is 1. The van der Waals surface area contributed by atoms with E-state index in [9.17, 15) is 0 Å². The number of likely N-dealkylation sites (N-methyl/N-ethyl adjacent to an activating group) is 1. The third-order valence-electron chi connectivity index (χ3n) is 4.94. The van der Waals surface area contributed by atoms with Crippen LogP contribution in [-0.4, -0.2) is 30.6 Å². The van der Waals surface area contributed by atoms with E-state index in [4.69, 9.17) is 5.73 Å². The topological polar surface area (TPSA) is 29.3 Å². The predicted octanol–water partition coefficient (Wildman–Crippen LogP) is 2.62. The Labute approximate surface area is 101 Å². The van der Waals surface area contributed by atoms with Crippen LogP contribution in [0.15, 0.2) is 0 Å². The molecule has 0 aromatic heterocycles. The third-order valence-corrected chi connectivity index (χ3v) is 4.94. The van der Waals surface area contributed by atoms with Gasteiger partial charge in [0.15, 0.2) is 0 Å². The van der Waals surface area contributed by atoms with Gasteiger partial charge >= 0.3 is 0 Å². The first-order valence-electron chi connectivity index (χ1n) is 7.14. The van der Waals surface area contributed by atoms with Gasteiger partial charge in [0, 0.05) is 18.6 Å². The van der Waals surface area contributed by atoms with E-state index < -0.39 is 0 Å². The minimum Gasteiger partial charge on any atom is -0.329 e. The minimum atomic E-state index is 0.657. The molecule has 2 fully saturated rings. The molecule has 0 aromatic rings. The van der Waals surface area contributed by atoms with Crippen LogP contribution in [0.3, 0.4) is 0 Å². The van der Waals surface area contributed by atoms with Crippen molar-refractivity contribution in [2.75, 3.05) is 13.6 Å². The Morgan fingerprint density at radius 3 is 2.38 bits per heavy atom. The molecule has 3 atom stereocenters. The standard InChI is InChI=1S/C14H28N2/c1-11-5-3-8-13(9-11)16(2)14(10-15)12-6-4-7-12/h11-14H,3-10,15H2,1-2H3. The fourth-order valence-corrected chi connectivity index (χ4v) is 3.56. The maximum atomic E-state index is 5.98. The van der Waals surface area contributed by atoms with Gasteiger partial charge in [-0.3, -0.25) is 4.90 Å². The lowest BCUT2D eigenvalue weighted by molar-refractivity contribution is 0.0608. The zero-order valence-electron chi connectivity index (χ0n) is 11.0. The Morgan fingerprint density at radius 1 is 1.19 bits per heavy atom. The molecular weight excluding hydrogens is 196 g/mol. The molecule has 0 radical (unpaired) electrons. The van der Waals surface area contributed by atoms with E-state index >= 15 is 0 Å². The first-order valence-corrected chi connectivity index (χ1v) is 7.14. The number of hydrogen-bond acceptors (Lipinski definition) is 2. The molecule has 0 aliphatic heterocycles. The highest BCUT2D eigenvalue weighted by molar-refractivity contribution is 4.88.